The van der Waals surface area contributed by atoms with Gasteiger partial charge < -0.3 is 15.3 Å². The van der Waals surface area contributed by atoms with E-state index in [0.717, 1.165) is 15.8 Å². The molecule has 0 fully saturated rings. The van der Waals surface area contributed by atoms with E-state index in [9.17, 15) is 9.90 Å². The molecule has 2 aromatic carbocycles. The van der Waals surface area contributed by atoms with Crippen molar-refractivity contribution in [3.8, 4) is 0 Å². The largest absolute Gasteiger partial charge is 0.478 e. The summed E-state index contributed by atoms with van der Waals surface area (Å²) >= 11 is 9.57. The molecule has 0 unspecified atom stereocenters. The summed E-state index contributed by atoms with van der Waals surface area (Å²) in [5, 5.41) is 13.0. The molecular formula is C15H14BrClN2O2. The van der Waals surface area contributed by atoms with Crippen LogP contribution in [0.3, 0.4) is 0 Å². The maximum Gasteiger partial charge on any atom is 0.337 e. The maximum absolute atomic E-state index is 11.3. The number of anilines is 3. The van der Waals surface area contributed by atoms with E-state index in [1.807, 2.05) is 31.1 Å². The molecule has 0 saturated heterocycles. The molecular weight excluding hydrogens is 356 g/mol. The quantitative estimate of drug-likeness (QED) is 0.826. The molecule has 6 heteroatoms. The number of para-hydroxylation sites is 1. The van der Waals surface area contributed by atoms with Gasteiger partial charge in [0, 0.05) is 18.6 Å². The van der Waals surface area contributed by atoms with Crippen LogP contribution in [0.2, 0.25) is 5.02 Å². The molecule has 2 N–H and O–H groups in total. The van der Waals surface area contributed by atoms with Crippen LogP contribution in [0.15, 0.2) is 40.9 Å². The summed E-state index contributed by atoms with van der Waals surface area (Å²) in [6.07, 6.45) is 0. The number of aromatic carboxylic acids is 1. The van der Waals surface area contributed by atoms with Gasteiger partial charge in [0.2, 0.25) is 0 Å². The second kappa shape index (κ2) is 6.37. The SMILES string of the molecule is CN(C)c1c(Cl)cccc1Nc1cc(Br)ccc1C(=O)O. The molecule has 21 heavy (non-hydrogen) atoms. The molecule has 0 aromatic heterocycles. The van der Waals surface area contributed by atoms with Crippen molar-refractivity contribution in [1.29, 1.82) is 0 Å². The summed E-state index contributed by atoms with van der Waals surface area (Å²) in [6, 6.07) is 10.4. The lowest BCUT2D eigenvalue weighted by atomic mass is 10.1. The first kappa shape index (κ1) is 15.7. The van der Waals surface area contributed by atoms with Crippen LogP contribution in [0.4, 0.5) is 17.1 Å². The molecule has 0 atom stereocenters. The highest BCUT2D eigenvalue weighted by molar-refractivity contribution is 9.10. The predicted octanol–water partition coefficient (Wildman–Crippen LogP) is 4.61. The summed E-state index contributed by atoms with van der Waals surface area (Å²) in [5.41, 5.74) is 2.24. The van der Waals surface area contributed by atoms with Gasteiger partial charge in [0.1, 0.15) is 0 Å². The second-order valence-electron chi connectivity index (χ2n) is 4.65. The van der Waals surface area contributed by atoms with Crippen LogP contribution in [0.1, 0.15) is 10.4 Å². The Morgan fingerprint density at radius 2 is 1.95 bits per heavy atom. The Labute approximate surface area is 136 Å². The Hall–Kier alpha value is -1.72. The second-order valence-corrected chi connectivity index (χ2v) is 5.97. The summed E-state index contributed by atoms with van der Waals surface area (Å²) in [5.74, 6) is -0.988. The van der Waals surface area contributed by atoms with E-state index in [1.54, 1.807) is 24.3 Å². The fourth-order valence-electron chi connectivity index (χ4n) is 2.02. The van der Waals surface area contributed by atoms with Gasteiger partial charge in [-0.25, -0.2) is 4.79 Å². The lowest BCUT2D eigenvalue weighted by Gasteiger charge is -2.20. The van der Waals surface area contributed by atoms with E-state index in [2.05, 4.69) is 21.2 Å². The number of carboxylic acids is 1. The third-order valence-electron chi connectivity index (χ3n) is 2.92. The number of nitrogens with zero attached hydrogens (tertiary/aromatic N) is 1. The molecule has 0 aliphatic rings. The molecule has 110 valence electrons. The average molecular weight is 370 g/mol. The van der Waals surface area contributed by atoms with Crippen LogP contribution >= 0.6 is 27.5 Å². The zero-order valence-corrected chi connectivity index (χ0v) is 13.9. The van der Waals surface area contributed by atoms with Crippen molar-refractivity contribution in [3.05, 3.63) is 51.5 Å². The first-order chi connectivity index (χ1) is 9.90. The smallest absolute Gasteiger partial charge is 0.337 e. The average Bonchev–Trinajstić information content (AvgIpc) is 2.37. The molecule has 4 nitrogen and oxygen atoms in total. The summed E-state index contributed by atoms with van der Waals surface area (Å²) in [4.78, 5) is 13.2. The lowest BCUT2D eigenvalue weighted by molar-refractivity contribution is 0.0698. The molecule has 0 bridgehead atoms. The number of carboxylic acid groups (broad SMARTS) is 1. The van der Waals surface area contributed by atoms with Crippen LogP contribution < -0.4 is 10.2 Å². The minimum absolute atomic E-state index is 0.197. The van der Waals surface area contributed by atoms with E-state index in [0.29, 0.717) is 10.7 Å². The molecule has 0 spiro atoms. The van der Waals surface area contributed by atoms with Crippen molar-refractivity contribution in [1.82, 2.24) is 0 Å². The van der Waals surface area contributed by atoms with Gasteiger partial charge in [-0.1, -0.05) is 33.6 Å². The molecule has 0 amide bonds. The minimum atomic E-state index is -0.988. The third-order valence-corrected chi connectivity index (χ3v) is 3.71. The molecule has 2 aromatic rings. The van der Waals surface area contributed by atoms with Gasteiger partial charge in [-0.15, -0.1) is 0 Å². The highest BCUT2D eigenvalue weighted by Gasteiger charge is 2.14. The van der Waals surface area contributed by atoms with Gasteiger partial charge in [-0.05, 0) is 30.3 Å². The number of benzene rings is 2. The number of nitrogens with one attached hydrogen (secondary N) is 1. The summed E-state index contributed by atoms with van der Waals surface area (Å²) < 4.78 is 0.795. The van der Waals surface area contributed by atoms with Gasteiger partial charge >= 0.3 is 5.97 Å². The summed E-state index contributed by atoms with van der Waals surface area (Å²) in [6.45, 7) is 0. The van der Waals surface area contributed by atoms with Crippen molar-refractivity contribution in [2.45, 2.75) is 0 Å². The highest BCUT2D eigenvalue weighted by atomic mass is 79.9. The van der Waals surface area contributed by atoms with Crippen LogP contribution in [-0.4, -0.2) is 25.2 Å². The first-order valence-corrected chi connectivity index (χ1v) is 7.33. The third kappa shape index (κ3) is 3.49. The molecule has 0 saturated carbocycles. The van der Waals surface area contributed by atoms with Crippen molar-refractivity contribution < 1.29 is 9.90 Å². The zero-order chi connectivity index (χ0) is 15.6. The van der Waals surface area contributed by atoms with Crippen LogP contribution in [-0.2, 0) is 0 Å². The molecule has 2 rings (SSSR count). The van der Waals surface area contributed by atoms with Crippen LogP contribution in [0.5, 0.6) is 0 Å². The summed E-state index contributed by atoms with van der Waals surface area (Å²) in [7, 11) is 3.76. The van der Waals surface area contributed by atoms with E-state index in [1.165, 1.54) is 0 Å². The zero-order valence-electron chi connectivity index (χ0n) is 11.5. The predicted molar refractivity (Wildman–Crippen MR) is 90.2 cm³/mol. The lowest BCUT2D eigenvalue weighted by Crippen LogP contribution is -2.12. The Morgan fingerprint density at radius 1 is 1.24 bits per heavy atom. The van der Waals surface area contributed by atoms with Crippen LogP contribution in [0, 0.1) is 0 Å². The van der Waals surface area contributed by atoms with Gasteiger partial charge in [0.25, 0.3) is 0 Å². The monoisotopic (exact) mass is 368 g/mol. The molecule has 0 aliphatic carbocycles. The van der Waals surface area contributed by atoms with Crippen molar-refractivity contribution in [2.24, 2.45) is 0 Å². The van der Waals surface area contributed by atoms with Gasteiger partial charge in [-0.3, -0.25) is 0 Å². The van der Waals surface area contributed by atoms with E-state index < -0.39 is 5.97 Å². The normalized spacial score (nSPS) is 10.3. The number of carbonyl (C=O) groups is 1. The Balaban J connectivity index is 2.50. The Kier molecular flexibility index (Phi) is 4.75. The van der Waals surface area contributed by atoms with E-state index >= 15 is 0 Å². The van der Waals surface area contributed by atoms with E-state index in [4.69, 9.17) is 11.6 Å². The minimum Gasteiger partial charge on any atom is -0.478 e. The first-order valence-electron chi connectivity index (χ1n) is 6.16. The molecule has 0 radical (unpaired) electrons. The van der Waals surface area contributed by atoms with Crippen molar-refractivity contribution >= 4 is 50.6 Å². The highest BCUT2D eigenvalue weighted by Crippen LogP contribution is 2.35. The maximum atomic E-state index is 11.3. The van der Waals surface area contributed by atoms with E-state index in [-0.39, 0.29) is 5.56 Å². The fourth-order valence-corrected chi connectivity index (χ4v) is 2.73. The van der Waals surface area contributed by atoms with Crippen molar-refractivity contribution in [3.63, 3.8) is 0 Å². The topological polar surface area (TPSA) is 52.6 Å². The number of halogens is 2. The van der Waals surface area contributed by atoms with Gasteiger partial charge in [-0.2, -0.15) is 0 Å². The Morgan fingerprint density at radius 3 is 2.57 bits per heavy atom. The van der Waals surface area contributed by atoms with Crippen molar-refractivity contribution in [2.75, 3.05) is 24.3 Å². The number of rotatable bonds is 4. The number of hydrogen-bond donors (Lipinski definition) is 2. The van der Waals surface area contributed by atoms with Gasteiger partial charge in [0.15, 0.2) is 0 Å². The fraction of sp³-hybridized carbons (Fsp3) is 0.133. The van der Waals surface area contributed by atoms with Crippen LogP contribution in [0.25, 0.3) is 0 Å². The molecule has 0 aliphatic heterocycles. The Bertz CT molecular complexity index is 689. The standard InChI is InChI=1S/C15H14BrClN2O2/c1-19(2)14-11(17)4-3-5-12(14)18-13-8-9(16)6-7-10(13)15(20)21/h3-8,18H,1-2H3,(H,20,21). The van der Waals surface area contributed by atoms with Gasteiger partial charge in [0.05, 0.1) is 27.6 Å². The molecule has 0 heterocycles. The number of hydrogen-bond acceptors (Lipinski definition) is 3.